The van der Waals surface area contributed by atoms with Crippen molar-refractivity contribution in [3.63, 3.8) is 0 Å². The Bertz CT molecular complexity index is 470. The molecule has 0 aliphatic carbocycles. The Labute approximate surface area is 126 Å². The highest BCUT2D eigenvalue weighted by Gasteiger charge is 2.03. The molecule has 3 nitrogen and oxygen atoms in total. The molecule has 0 saturated heterocycles. The maximum absolute atomic E-state index is 5.80. The molecule has 0 aliphatic heterocycles. The predicted octanol–water partition coefficient (Wildman–Crippen LogP) is 3.88. The van der Waals surface area contributed by atoms with Gasteiger partial charge in [0.15, 0.2) is 0 Å². The number of hydrogen-bond donors (Lipinski definition) is 1. The topological polar surface area (TPSA) is 34.4 Å². The summed E-state index contributed by atoms with van der Waals surface area (Å²) in [6.45, 7) is 5.33. The van der Waals surface area contributed by atoms with Crippen LogP contribution in [0.2, 0.25) is 0 Å². The van der Waals surface area contributed by atoms with Crippen LogP contribution in [-0.2, 0) is 11.3 Å². The second kappa shape index (κ2) is 9.59. The van der Waals surface area contributed by atoms with Gasteiger partial charge in [0.25, 0.3) is 0 Å². The summed E-state index contributed by atoms with van der Waals surface area (Å²) in [6, 6.07) is 14.2. The first-order valence-electron chi connectivity index (χ1n) is 6.82. The van der Waals surface area contributed by atoms with E-state index in [1.165, 1.54) is 0 Å². The minimum absolute atomic E-state index is 0. The van der Waals surface area contributed by atoms with Gasteiger partial charge in [0.1, 0.15) is 11.5 Å². The summed E-state index contributed by atoms with van der Waals surface area (Å²) in [4.78, 5) is 0. The molecule has 0 radical (unpaired) electrons. The van der Waals surface area contributed by atoms with E-state index in [9.17, 15) is 0 Å². The van der Waals surface area contributed by atoms with Gasteiger partial charge in [-0.3, -0.25) is 0 Å². The van der Waals surface area contributed by atoms with Gasteiger partial charge in [-0.1, -0.05) is 30.3 Å². The van der Waals surface area contributed by atoms with Crippen LogP contribution in [0.3, 0.4) is 0 Å². The largest absolute Gasteiger partial charge is 0.460 e. The fourth-order valence-electron chi connectivity index (χ4n) is 1.89. The molecule has 2 aromatic rings. The van der Waals surface area contributed by atoms with Crippen molar-refractivity contribution in [1.29, 1.82) is 0 Å². The molecule has 1 aromatic carbocycles. The Kier molecular flexibility index (Phi) is 8.04. The third-order valence-corrected chi connectivity index (χ3v) is 2.87. The van der Waals surface area contributed by atoms with E-state index in [0.717, 1.165) is 49.8 Å². The highest BCUT2D eigenvalue weighted by Crippen LogP contribution is 2.21. The molecule has 20 heavy (non-hydrogen) atoms. The highest BCUT2D eigenvalue weighted by molar-refractivity contribution is 5.85. The minimum Gasteiger partial charge on any atom is -0.460 e. The van der Waals surface area contributed by atoms with Crippen LogP contribution in [0, 0.1) is 0 Å². The lowest BCUT2D eigenvalue weighted by Crippen LogP contribution is -2.15. The van der Waals surface area contributed by atoms with E-state index in [1.807, 2.05) is 37.3 Å². The summed E-state index contributed by atoms with van der Waals surface area (Å²) in [6.07, 6.45) is 1.03. The zero-order valence-corrected chi connectivity index (χ0v) is 12.6. The number of halogens is 1. The van der Waals surface area contributed by atoms with Gasteiger partial charge in [-0.05, 0) is 32.0 Å². The molecule has 1 aromatic heterocycles. The second-order valence-corrected chi connectivity index (χ2v) is 4.36. The quantitative estimate of drug-likeness (QED) is 0.750. The molecular formula is C16H22ClNO2. The number of nitrogens with one attached hydrogen (secondary N) is 1. The SMILES string of the molecule is CCOCCCNCc1ccc(-c2ccccc2)o1.Cl. The molecule has 4 heteroatoms. The zero-order valence-electron chi connectivity index (χ0n) is 11.8. The van der Waals surface area contributed by atoms with Gasteiger partial charge in [0, 0.05) is 18.8 Å². The van der Waals surface area contributed by atoms with Gasteiger partial charge in [0.05, 0.1) is 6.54 Å². The van der Waals surface area contributed by atoms with Gasteiger partial charge in [0.2, 0.25) is 0 Å². The third kappa shape index (κ3) is 5.37. The molecule has 110 valence electrons. The van der Waals surface area contributed by atoms with Crippen LogP contribution < -0.4 is 5.32 Å². The van der Waals surface area contributed by atoms with Crippen LogP contribution in [-0.4, -0.2) is 19.8 Å². The molecule has 0 amide bonds. The van der Waals surface area contributed by atoms with E-state index >= 15 is 0 Å². The summed E-state index contributed by atoms with van der Waals surface area (Å²) in [5.74, 6) is 1.89. The first kappa shape index (κ1) is 16.8. The molecule has 0 fully saturated rings. The van der Waals surface area contributed by atoms with E-state index in [-0.39, 0.29) is 12.4 Å². The molecule has 2 rings (SSSR count). The van der Waals surface area contributed by atoms with Crippen molar-refractivity contribution >= 4 is 12.4 Å². The summed E-state index contributed by atoms with van der Waals surface area (Å²) >= 11 is 0. The van der Waals surface area contributed by atoms with Crippen LogP contribution in [0.5, 0.6) is 0 Å². The van der Waals surface area contributed by atoms with Crippen LogP contribution in [0.15, 0.2) is 46.9 Å². The molecule has 0 saturated carbocycles. The lowest BCUT2D eigenvalue weighted by Gasteiger charge is -2.03. The van der Waals surface area contributed by atoms with Gasteiger partial charge in [-0.15, -0.1) is 12.4 Å². The molecule has 0 aliphatic rings. The average molecular weight is 296 g/mol. The van der Waals surface area contributed by atoms with Crippen LogP contribution >= 0.6 is 12.4 Å². The molecule has 1 heterocycles. The van der Waals surface area contributed by atoms with E-state index in [4.69, 9.17) is 9.15 Å². The average Bonchev–Trinajstić information content (AvgIpc) is 2.92. The van der Waals surface area contributed by atoms with Crippen LogP contribution in [0.25, 0.3) is 11.3 Å². The van der Waals surface area contributed by atoms with Crippen molar-refractivity contribution in [3.05, 3.63) is 48.2 Å². The fraction of sp³-hybridized carbons (Fsp3) is 0.375. The van der Waals surface area contributed by atoms with Crippen molar-refractivity contribution in [2.24, 2.45) is 0 Å². The molecular weight excluding hydrogens is 274 g/mol. The smallest absolute Gasteiger partial charge is 0.134 e. The Morgan fingerprint density at radius 2 is 1.90 bits per heavy atom. The van der Waals surface area contributed by atoms with E-state index in [1.54, 1.807) is 0 Å². The normalized spacial score (nSPS) is 10.2. The molecule has 0 unspecified atom stereocenters. The van der Waals surface area contributed by atoms with Gasteiger partial charge in [-0.2, -0.15) is 0 Å². The molecule has 0 bridgehead atoms. The first-order chi connectivity index (χ1) is 9.40. The number of furan rings is 1. The summed E-state index contributed by atoms with van der Waals surface area (Å²) in [5, 5.41) is 3.35. The van der Waals surface area contributed by atoms with Crippen molar-refractivity contribution in [1.82, 2.24) is 5.32 Å². The lowest BCUT2D eigenvalue weighted by molar-refractivity contribution is 0.144. The fourth-order valence-corrected chi connectivity index (χ4v) is 1.89. The number of ether oxygens (including phenoxy) is 1. The maximum Gasteiger partial charge on any atom is 0.134 e. The lowest BCUT2D eigenvalue weighted by atomic mass is 10.2. The monoisotopic (exact) mass is 295 g/mol. The number of hydrogen-bond acceptors (Lipinski definition) is 3. The Morgan fingerprint density at radius 3 is 2.65 bits per heavy atom. The molecule has 1 N–H and O–H groups in total. The third-order valence-electron chi connectivity index (χ3n) is 2.87. The first-order valence-corrected chi connectivity index (χ1v) is 6.82. The van der Waals surface area contributed by atoms with Crippen LogP contribution in [0.1, 0.15) is 19.1 Å². The highest BCUT2D eigenvalue weighted by atomic mass is 35.5. The van der Waals surface area contributed by atoms with E-state index in [0.29, 0.717) is 0 Å². The van der Waals surface area contributed by atoms with Crippen LogP contribution in [0.4, 0.5) is 0 Å². The predicted molar refractivity (Wildman–Crippen MR) is 84.2 cm³/mol. The molecule has 0 spiro atoms. The van der Waals surface area contributed by atoms with E-state index < -0.39 is 0 Å². The Balaban J connectivity index is 0.00000200. The second-order valence-electron chi connectivity index (χ2n) is 4.36. The standard InChI is InChI=1S/C16H21NO2.ClH/c1-2-18-12-6-11-17-13-15-9-10-16(19-15)14-7-4-3-5-8-14;/h3-5,7-10,17H,2,6,11-13H2,1H3;1H. The maximum atomic E-state index is 5.80. The Morgan fingerprint density at radius 1 is 1.10 bits per heavy atom. The summed E-state index contributed by atoms with van der Waals surface area (Å²) in [7, 11) is 0. The molecule has 0 atom stereocenters. The summed E-state index contributed by atoms with van der Waals surface area (Å²) < 4.78 is 11.1. The van der Waals surface area contributed by atoms with Crippen molar-refractivity contribution in [2.45, 2.75) is 19.9 Å². The number of rotatable bonds is 8. The number of benzene rings is 1. The van der Waals surface area contributed by atoms with Crippen molar-refractivity contribution in [2.75, 3.05) is 19.8 Å². The van der Waals surface area contributed by atoms with Crippen molar-refractivity contribution in [3.8, 4) is 11.3 Å². The summed E-state index contributed by atoms with van der Waals surface area (Å²) in [5.41, 5.74) is 1.12. The minimum atomic E-state index is 0. The van der Waals surface area contributed by atoms with Gasteiger partial charge < -0.3 is 14.5 Å². The van der Waals surface area contributed by atoms with Gasteiger partial charge >= 0.3 is 0 Å². The van der Waals surface area contributed by atoms with Gasteiger partial charge in [-0.25, -0.2) is 0 Å². The zero-order chi connectivity index (χ0) is 13.3. The van der Waals surface area contributed by atoms with Crippen molar-refractivity contribution < 1.29 is 9.15 Å². The Hall–Kier alpha value is -1.29. The van der Waals surface area contributed by atoms with E-state index in [2.05, 4.69) is 17.4 Å².